The molecule has 92 valence electrons. The monoisotopic (exact) mass is 242 g/mol. The molecule has 0 radical (unpaired) electrons. The molecule has 0 aliphatic rings. The van der Waals surface area contributed by atoms with Crippen molar-refractivity contribution in [1.29, 1.82) is 0 Å². The van der Waals surface area contributed by atoms with E-state index in [-0.39, 0.29) is 17.7 Å². The van der Waals surface area contributed by atoms with Crippen molar-refractivity contribution in [2.24, 2.45) is 5.73 Å². The summed E-state index contributed by atoms with van der Waals surface area (Å²) in [6.07, 6.45) is -0.152. The molecule has 1 aromatic carbocycles. The Labute approximate surface area is 96.3 Å². The van der Waals surface area contributed by atoms with E-state index in [9.17, 15) is 19.3 Å². The van der Waals surface area contributed by atoms with E-state index in [4.69, 9.17) is 5.73 Å². The molecule has 0 spiro atoms. The van der Waals surface area contributed by atoms with Gasteiger partial charge in [0.05, 0.1) is 12.0 Å². The van der Waals surface area contributed by atoms with Gasteiger partial charge in [0, 0.05) is 18.1 Å². The van der Waals surface area contributed by atoms with E-state index in [2.05, 4.69) is 4.74 Å². The lowest BCUT2D eigenvalue weighted by atomic mass is 10.0. The van der Waals surface area contributed by atoms with Gasteiger partial charge in [0.15, 0.2) is 0 Å². The molecular formula is C10H11FN2O4. The predicted octanol–water partition coefficient (Wildman–Crippen LogP) is 0.777. The van der Waals surface area contributed by atoms with Crippen LogP contribution in [0.1, 0.15) is 5.56 Å². The molecule has 0 saturated heterocycles. The van der Waals surface area contributed by atoms with Gasteiger partial charge in [-0.1, -0.05) is 0 Å². The zero-order valence-electron chi connectivity index (χ0n) is 9.05. The molecule has 0 aliphatic carbocycles. The van der Waals surface area contributed by atoms with Crippen LogP contribution in [-0.4, -0.2) is 24.0 Å². The summed E-state index contributed by atoms with van der Waals surface area (Å²) in [5.74, 6) is -1.33. The number of carbonyl (C=O) groups is 1. The zero-order chi connectivity index (χ0) is 13.0. The van der Waals surface area contributed by atoms with Crippen molar-refractivity contribution in [2.75, 3.05) is 7.11 Å². The Hall–Kier alpha value is -2.02. The van der Waals surface area contributed by atoms with Crippen LogP contribution in [0.5, 0.6) is 0 Å². The highest BCUT2D eigenvalue weighted by molar-refractivity contribution is 5.76. The number of methoxy groups -OCH3 is 1. The molecule has 0 aliphatic heterocycles. The molecular weight excluding hydrogens is 231 g/mol. The number of esters is 1. The molecule has 2 N–H and O–H groups in total. The van der Waals surface area contributed by atoms with Gasteiger partial charge in [0.25, 0.3) is 5.69 Å². The van der Waals surface area contributed by atoms with Crippen LogP contribution < -0.4 is 5.73 Å². The van der Waals surface area contributed by atoms with Crippen LogP contribution in [0, 0.1) is 15.9 Å². The number of hydrogen-bond donors (Lipinski definition) is 1. The van der Waals surface area contributed by atoms with Gasteiger partial charge in [-0.3, -0.25) is 14.9 Å². The van der Waals surface area contributed by atoms with Gasteiger partial charge in [-0.15, -0.1) is 0 Å². The molecule has 0 amide bonds. The Morgan fingerprint density at radius 1 is 1.65 bits per heavy atom. The van der Waals surface area contributed by atoms with Gasteiger partial charge in [0.2, 0.25) is 0 Å². The summed E-state index contributed by atoms with van der Waals surface area (Å²) in [4.78, 5) is 21.1. The fourth-order valence-electron chi connectivity index (χ4n) is 1.37. The second-order valence-electron chi connectivity index (χ2n) is 3.36. The number of nitro benzene ring substituents is 1. The van der Waals surface area contributed by atoms with Crippen LogP contribution in [-0.2, 0) is 16.0 Å². The lowest BCUT2D eigenvalue weighted by Crippen LogP contribution is -2.33. The summed E-state index contributed by atoms with van der Waals surface area (Å²) in [7, 11) is 1.15. The lowest BCUT2D eigenvalue weighted by molar-refractivity contribution is -0.385. The SMILES string of the molecule is COC(=O)C(N)Cc1cc(F)ccc1[N+](=O)[O-]. The number of rotatable bonds is 4. The summed E-state index contributed by atoms with van der Waals surface area (Å²) in [6.45, 7) is 0. The average Bonchev–Trinajstić information content (AvgIpc) is 2.27. The van der Waals surface area contributed by atoms with Crippen molar-refractivity contribution in [3.05, 3.63) is 39.7 Å². The molecule has 0 bridgehead atoms. The van der Waals surface area contributed by atoms with Crippen LogP contribution in [0.15, 0.2) is 18.2 Å². The summed E-state index contributed by atoms with van der Waals surface area (Å²) in [6, 6.07) is 1.95. The van der Waals surface area contributed by atoms with E-state index in [1.807, 2.05) is 0 Å². The molecule has 7 heteroatoms. The third kappa shape index (κ3) is 3.22. The molecule has 1 rings (SSSR count). The maximum atomic E-state index is 13.0. The number of carbonyl (C=O) groups excluding carboxylic acids is 1. The highest BCUT2D eigenvalue weighted by Gasteiger charge is 2.21. The third-order valence-corrected chi connectivity index (χ3v) is 2.18. The first kappa shape index (κ1) is 13.0. The van der Waals surface area contributed by atoms with E-state index in [1.54, 1.807) is 0 Å². The normalized spacial score (nSPS) is 11.9. The van der Waals surface area contributed by atoms with Gasteiger partial charge >= 0.3 is 5.97 Å². The maximum absolute atomic E-state index is 13.0. The number of ether oxygens (including phenoxy) is 1. The smallest absolute Gasteiger partial charge is 0.322 e. The average molecular weight is 242 g/mol. The van der Waals surface area contributed by atoms with Crippen LogP contribution in [0.3, 0.4) is 0 Å². The van der Waals surface area contributed by atoms with Crippen LogP contribution in [0.4, 0.5) is 10.1 Å². The number of nitro groups is 1. The highest BCUT2D eigenvalue weighted by Crippen LogP contribution is 2.20. The Morgan fingerprint density at radius 2 is 2.29 bits per heavy atom. The second kappa shape index (κ2) is 5.35. The number of halogens is 1. The Bertz CT molecular complexity index is 450. The quantitative estimate of drug-likeness (QED) is 0.478. The van der Waals surface area contributed by atoms with Crippen molar-refractivity contribution >= 4 is 11.7 Å². The number of nitrogens with zero attached hydrogens (tertiary/aromatic N) is 1. The minimum Gasteiger partial charge on any atom is -0.468 e. The van der Waals surface area contributed by atoms with Crippen molar-refractivity contribution < 1.29 is 18.8 Å². The summed E-state index contributed by atoms with van der Waals surface area (Å²) < 4.78 is 17.4. The fourth-order valence-corrected chi connectivity index (χ4v) is 1.37. The van der Waals surface area contributed by atoms with E-state index in [0.29, 0.717) is 0 Å². The summed E-state index contributed by atoms with van der Waals surface area (Å²) in [5.41, 5.74) is 5.25. The minimum atomic E-state index is -1.06. The highest BCUT2D eigenvalue weighted by atomic mass is 19.1. The first-order valence-electron chi connectivity index (χ1n) is 4.72. The van der Waals surface area contributed by atoms with Crippen molar-refractivity contribution in [3.63, 3.8) is 0 Å². The standard InChI is InChI=1S/C10H11FN2O4/c1-17-10(14)8(12)5-6-4-7(11)2-3-9(6)13(15)16/h2-4,8H,5,12H2,1H3. The van der Waals surface area contributed by atoms with Gasteiger partial charge in [-0.05, 0) is 12.1 Å². The third-order valence-electron chi connectivity index (χ3n) is 2.18. The molecule has 1 unspecified atom stereocenters. The van der Waals surface area contributed by atoms with Crippen molar-refractivity contribution in [3.8, 4) is 0 Å². The Balaban J connectivity index is 3.00. The van der Waals surface area contributed by atoms with Gasteiger partial charge < -0.3 is 10.5 Å². The van der Waals surface area contributed by atoms with Crippen LogP contribution in [0.2, 0.25) is 0 Å². The van der Waals surface area contributed by atoms with Crippen molar-refractivity contribution in [1.82, 2.24) is 0 Å². The first-order chi connectivity index (χ1) is 7.95. The number of nitrogens with two attached hydrogens (primary N) is 1. The predicted molar refractivity (Wildman–Crippen MR) is 56.7 cm³/mol. The molecule has 0 fully saturated rings. The van der Waals surface area contributed by atoms with Crippen LogP contribution in [0.25, 0.3) is 0 Å². The van der Waals surface area contributed by atoms with E-state index in [1.165, 1.54) is 0 Å². The van der Waals surface area contributed by atoms with Crippen LogP contribution >= 0.6 is 0 Å². The topological polar surface area (TPSA) is 95.5 Å². The molecule has 0 saturated carbocycles. The van der Waals surface area contributed by atoms with Gasteiger partial charge in [-0.25, -0.2) is 4.39 Å². The van der Waals surface area contributed by atoms with Gasteiger partial charge in [-0.2, -0.15) is 0 Å². The Morgan fingerprint density at radius 3 is 2.82 bits per heavy atom. The molecule has 6 nitrogen and oxygen atoms in total. The summed E-state index contributed by atoms with van der Waals surface area (Å²) in [5, 5.41) is 10.7. The van der Waals surface area contributed by atoms with E-state index >= 15 is 0 Å². The summed E-state index contributed by atoms with van der Waals surface area (Å²) >= 11 is 0. The number of benzene rings is 1. The first-order valence-corrected chi connectivity index (χ1v) is 4.72. The minimum absolute atomic E-state index is 0.0629. The van der Waals surface area contributed by atoms with E-state index < -0.39 is 22.8 Å². The lowest BCUT2D eigenvalue weighted by Gasteiger charge is -2.09. The molecule has 17 heavy (non-hydrogen) atoms. The molecule has 0 heterocycles. The maximum Gasteiger partial charge on any atom is 0.322 e. The molecule has 0 aromatic heterocycles. The molecule has 1 atom stereocenters. The van der Waals surface area contributed by atoms with E-state index in [0.717, 1.165) is 25.3 Å². The Kier molecular flexibility index (Phi) is 4.11. The second-order valence-corrected chi connectivity index (χ2v) is 3.36. The fraction of sp³-hybridized carbons (Fsp3) is 0.300. The van der Waals surface area contributed by atoms with Crippen molar-refractivity contribution in [2.45, 2.75) is 12.5 Å². The molecule has 1 aromatic rings. The number of hydrogen-bond acceptors (Lipinski definition) is 5. The largest absolute Gasteiger partial charge is 0.468 e. The zero-order valence-corrected chi connectivity index (χ0v) is 9.05. The van der Waals surface area contributed by atoms with Gasteiger partial charge in [0.1, 0.15) is 11.9 Å².